The monoisotopic (exact) mass is 918 g/mol. The highest BCUT2D eigenvalue weighted by molar-refractivity contribution is 5.80. The van der Waals surface area contributed by atoms with E-state index in [2.05, 4.69) is 45.7 Å². The number of benzene rings is 6. The molecular weight excluding hydrogens is 868 g/mol. The van der Waals surface area contributed by atoms with E-state index in [0.29, 0.717) is 53.3 Å². The zero-order chi connectivity index (χ0) is 47.9. The third kappa shape index (κ3) is 10.6. The number of methoxy groups -OCH3 is 2. The molecule has 14 nitrogen and oxygen atoms in total. The standard InChI is InChI=1S/C53H51FN6O8/c1-31-20-33(12-16-43(31)46-18-14-36(22-39(46)29-65-4)52-56-50(58-67-52)34-8-6-9-41(24-34)55-25-42(62)28-61)45-17-13-35(21-38(45)26-60(3)27-49(63)64)51-57-53(68-59-51)37-15-19-47(40(23-37)30-66-5)44-10-7-11-48(54)32(44)2/h6-24,42,55,61-62H,25-30H2,1-5H3,(H,63,64). The highest BCUT2D eigenvalue weighted by Gasteiger charge is 2.20. The lowest BCUT2D eigenvalue weighted by molar-refractivity contribution is -0.138. The summed E-state index contributed by atoms with van der Waals surface area (Å²) in [6, 6.07) is 36.2. The van der Waals surface area contributed by atoms with Crippen LogP contribution in [0.3, 0.4) is 0 Å². The van der Waals surface area contributed by atoms with E-state index in [1.54, 1.807) is 39.2 Å². The van der Waals surface area contributed by atoms with Gasteiger partial charge in [0, 0.05) is 55.3 Å². The van der Waals surface area contributed by atoms with Gasteiger partial charge in [-0.3, -0.25) is 9.69 Å². The summed E-state index contributed by atoms with van der Waals surface area (Å²) in [4.78, 5) is 22.9. The highest BCUT2D eigenvalue weighted by Crippen LogP contribution is 2.37. The predicted molar refractivity (Wildman–Crippen MR) is 257 cm³/mol. The van der Waals surface area contributed by atoms with Crippen LogP contribution in [0.15, 0.2) is 124 Å². The molecule has 15 heteroatoms. The quantitative estimate of drug-likeness (QED) is 0.0600. The first-order chi connectivity index (χ1) is 32.9. The van der Waals surface area contributed by atoms with E-state index < -0.39 is 12.1 Å². The fraction of sp³-hybridized carbons (Fsp3) is 0.226. The molecule has 0 aliphatic rings. The zero-order valence-corrected chi connectivity index (χ0v) is 38.3. The number of carboxylic acid groups (broad SMARTS) is 1. The molecule has 0 bridgehead atoms. The predicted octanol–water partition coefficient (Wildman–Crippen LogP) is 9.45. The van der Waals surface area contributed by atoms with Crippen LogP contribution in [0.2, 0.25) is 0 Å². The number of carbonyl (C=O) groups is 1. The average Bonchev–Trinajstić information content (AvgIpc) is 4.04. The summed E-state index contributed by atoms with van der Waals surface area (Å²) in [5, 5.41) is 40.2. The molecule has 8 rings (SSSR count). The second-order valence-corrected chi connectivity index (χ2v) is 16.6. The van der Waals surface area contributed by atoms with Gasteiger partial charge in [0.15, 0.2) is 0 Å². The summed E-state index contributed by atoms with van der Waals surface area (Å²) in [6.45, 7) is 4.44. The molecule has 348 valence electrons. The molecule has 0 spiro atoms. The van der Waals surface area contributed by atoms with Gasteiger partial charge in [0.2, 0.25) is 11.6 Å². The van der Waals surface area contributed by atoms with Crippen molar-refractivity contribution in [3.05, 3.63) is 149 Å². The fourth-order valence-electron chi connectivity index (χ4n) is 8.27. The third-order valence-electron chi connectivity index (χ3n) is 11.6. The Kier molecular flexibility index (Phi) is 14.6. The first kappa shape index (κ1) is 47.1. The molecule has 0 aliphatic carbocycles. The largest absolute Gasteiger partial charge is 0.480 e. The van der Waals surface area contributed by atoms with Crippen molar-refractivity contribution in [2.45, 2.75) is 39.7 Å². The Bertz CT molecular complexity index is 3080. The molecule has 0 amide bonds. The Morgan fingerprint density at radius 1 is 0.691 bits per heavy atom. The SMILES string of the molecule is COCc1cc(-c2nc(-c3cccc(NCC(O)CO)c3)no2)ccc1-c1ccc(-c2ccc(-c3noc(-c4ccc(-c5cccc(F)c5C)c(COC)c4)n3)cc2CN(C)CC(=O)O)cc1C. The normalized spacial score (nSPS) is 11.9. The molecule has 8 aromatic rings. The van der Waals surface area contributed by atoms with Crippen LogP contribution in [-0.4, -0.2) is 93.5 Å². The maximum Gasteiger partial charge on any atom is 0.317 e. The number of aliphatic hydroxyl groups excluding tert-OH is 2. The number of aryl methyl sites for hydroxylation is 1. The average molecular weight is 919 g/mol. The number of rotatable bonds is 19. The van der Waals surface area contributed by atoms with Crippen LogP contribution >= 0.6 is 0 Å². The van der Waals surface area contributed by atoms with Crippen molar-refractivity contribution < 1.29 is 43.0 Å². The minimum absolute atomic E-state index is 0.158. The van der Waals surface area contributed by atoms with Crippen LogP contribution in [0.5, 0.6) is 0 Å². The maximum absolute atomic E-state index is 14.5. The molecule has 68 heavy (non-hydrogen) atoms. The summed E-state index contributed by atoms with van der Waals surface area (Å²) in [6.07, 6.45) is -0.883. The van der Waals surface area contributed by atoms with Crippen LogP contribution in [0.25, 0.3) is 79.1 Å². The first-order valence-electron chi connectivity index (χ1n) is 21.9. The van der Waals surface area contributed by atoms with Crippen molar-refractivity contribution in [3.63, 3.8) is 0 Å². The second-order valence-electron chi connectivity index (χ2n) is 16.6. The summed E-state index contributed by atoms with van der Waals surface area (Å²) in [5.41, 5.74) is 13.2. The van der Waals surface area contributed by atoms with Gasteiger partial charge >= 0.3 is 5.97 Å². The summed E-state index contributed by atoms with van der Waals surface area (Å²) < 4.78 is 37.2. The van der Waals surface area contributed by atoms with Crippen molar-refractivity contribution in [1.29, 1.82) is 0 Å². The van der Waals surface area contributed by atoms with Crippen LogP contribution in [0.4, 0.5) is 10.1 Å². The number of anilines is 1. The summed E-state index contributed by atoms with van der Waals surface area (Å²) in [7, 11) is 5.01. The second kappa shape index (κ2) is 21.1. The summed E-state index contributed by atoms with van der Waals surface area (Å²) in [5.74, 6) is 0.184. The number of ether oxygens (including phenoxy) is 2. The van der Waals surface area contributed by atoms with E-state index >= 15 is 0 Å². The number of aliphatic hydroxyl groups is 2. The van der Waals surface area contributed by atoms with Gasteiger partial charge in [0.25, 0.3) is 11.8 Å². The smallest absolute Gasteiger partial charge is 0.317 e. The molecule has 0 saturated heterocycles. The lowest BCUT2D eigenvalue weighted by Crippen LogP contribution is -2.25. The number of hydrogen-bond acceptors (Lipinski definition) is 13. The van der Waals surface area contributed by atoms with E-state index in [1.807, 2.05) is 84.9 Å². The van der Waals surface area contributed by atoms with Gasteiger partial charge in [0.05, 0.1) is 32.5 Å². The topological polar surface area (TPSA) is 189 Å². The van der Waals surface area contributed by atoms with Gasteiger partial charge in [-0.25, -0.2) is 4.39 Å². The Labute approximate surface area is 392 Å². The van der Waals surface area contributed by atoms with Crippen LogP contribution in [0, 0.1) is 19.7 Å². The molecule has 0 aliphatic heterocycles. The van der Waals surface area contributed by atoms with Crippen molar-refractivity contribution in [3.8, 4) is 79.1 Å². The minimum Gasteiger partial charge on any atom is -0.480 e. The molecular formula is C53H51FN6O8. The molecule has 2 heterocycles. The van der Waals surface area contributed by atoms with Gasteiger partial charge in [-0.1, -0.05) is 77.0 Å². The molecule has 1 atom stereocenters. The maximum atomic E-state index is 14.5. The summed E-state index contributed by atoms with van der Waals surface area (Å²) >= 11 is 0. The van der Waals surface area contributed by atoms with E-state index in [1.165, 1.54) is 6.07 Å². The highest BCUT2D eigenvalue weighted by atomic mass is 19.1. The van der Waals surface area contributed by atoms with E-state index in [4.69, 9.17) is 28.6 Å². The van der Waals surface area contributed by atoms with E-state index in [9.17, 15) is 19.4 Å². The number of halogens is 1. The number of aromatic nitrogens is 4. The van der Waals surface area contributed by atoms with Gasteiger partial charge in [-0.2, -0.15) is 9.97 Å². The first-order valence-corrected chi connectivity index (χ1v) is 21.9. The van der Waals surface area contributed by atoms with Crippen molar-refractivity contribution in [2.75, 3.05) is 46.3 Å². The Morgan fingerprint density at radius 3 is 1.87 bits per heavy atom. The van der Waals surface area contributed by atoms with Crippen molar-refractivity contribution in [2.24, 2.45) is 0 Å². The number of likely N-dealkylation sites (N-methyl/N-ethyl adjacent to an activating group) is 1. The number of nitrogens with one attached hydrogen (secondary N) is 1. The van der Waals surface area contributed by atoms with Gasteiger partial charge in [-0.05, 0) is 131 Å². The molecule has 2 aromatic heterocycles. The molecule has 4 N–H and O–H groups in total. The molecule has 1 unspecified atom stereocenters. The molecule has 0 radical (unpaired) electrons. The minimum atomic E-state index is -0.937. The number of aliphatic carboxylic acids is 1. The fourth-order valence-corrected chi connectivity index (χ4v) is 8.27. The lowest BCUT2D eigenvalue weighted by Gasteiger charge is -2.19. The Balaban J connectivity index is 1.07. The van der Waals surface area contributed by atoms with Crippen molar-refractivity contribution >= 4 is 11.7 Å². The molecule has 6 aromatic carbocycles. The van der Waals surface area contributed by atoms with Gasteiger partial charge in [0.1, 0.15) is 5.82 Å². The van der Waals surface area contributed by atoms with Crippen LogP contribution in [-0.2, 0) is 34.0 Å². The number of hydrogen-bond donors (Lipinski definition) is 4. The molecule has 0 fully saturated rings. The van der Waals surface area contributed by atoms with Crippen LogP contribution < -0.4 is 5.32 Å². The van der Waals surface area contributed by atoms with Crippen LogP contribution in [0.1, 0.15) is 27.8 Å². The number of carboxylic acids is 1. The van der Waals surface area contributed by atoms with E-state index in [0.717, 1.165) is 72.4 Å². The van der Waals surface area contributed by atoms with Gasteiger partial charge < -0.3 is 39.2 Å². The lowest BCUT2D eigenvalue weighted by atomic mass is 9.90. The molecule has 0 saturated carbocycles. The Hall–Kier alpha value is -7.40. The van der Waals surface area contributed by atoms with E-state index in [-0.39, 0.29) is 32.1 Å². The van der Waals surface area contributed by atoms with Gasteiger partial charge in [-0.15, -0.1) is 0 Å². The third-order valence-corrected chi connectivity index (χ3v) is 11.6. The number of nitrogens with zero attached hydrogens (tertiary/aromatic N) is 5. The Morgan fingerprint density at radius 2 is 1.25 bits per heavy atom. The zero-order valence-electron chi connectivity index (χ0n) is 38.3. The van der Waals surface area contributed by atoms with Crippen molar-refractivity contribution in [1.82, 2.24) is 25.2 Å².